The number of pyridine rings is 1. The number of fused-ring (bicyclic) bond motifs is 1. The van der Waals surface area contributed by atoms with Crippen LogP contribution in [0.3, 0.4) is 0 Å². The van der Waals surface area contributed by atoms with E-state index in [4.69, 9.17) is 0 Å². The van der Waals surface area contributed by atoms with E-state index in [-0.39, 0.29) is 5.92 Å². The smallest absolute Gasteiger partial charge is 0.0891 e. The van der Waals surface area contributed by atoms with Crippen LogP contribution in [0, 0.1) is 5.92 Å². The molecule has 16 heavy (non-hydrogen) atoms. The van der Waals surface area contributed by atoms with Gasteiger partial charge < -0.3 is 5.11 Å². The molecular weight excluding hydrogens is 198 g/mol. The van der Waals surface area contributed by atoms with Gasteiger partial charge in [-0.15, -0.1) is 0 Å². The van der Waals surface area contributed by atoms with Gasteiger partial charge in [0.25, 0.3) is 0 Å². The van der Waals surface area contributed by atoms with E-state index in [1.807, 2.05) is 51.1 Å². The molecule has 2 aromatic rings. The van der Waals surface area contributed by atoms with Gasteiger partial charge in [0.1, 0.15) is 0 Å². The first-order valence-electron chi connectivity index (χ1n) is 5.59. The molecule has 1 heterocycles. The topological polar surface area (TPSA) is 33.1 Å². The second-order valence-electron chi connectivity index (χ2n) is 4.71. The molecule has 0 fully saturated rings. The van der Waals surface area contributed by atoms with Crippen LogP contribution in [0.25, 0.3) is 10.9 Å². The molecule has 1 unspecified atom stereocenters. The molecule has 2 nitrogen and oxygen atoms in total. The molecule has 0 amide bonds. The molecule has 0 radical (unpaired) electrons. The Morgan fingerprint density at radius 2 is 2.00 bits per heavy atom. The molecule has 0 aliphatic heterocycles. The number of hydrogen-bond donors (Lipinski definition) is 1. The minimum Gasteiger partial charge on any atom is -0.385 e. The van der Waals surface area contributed by atoms with Crippen molar-refractivity contribution >= 4 is 10.9 Å². The first kappa shape index (κ1) is 11.1. The molecule has 1 N–H and O–H groups in total. The number of rotatable bonds is 2. The normalized spacial score (nSPS) is 15.3. The van der Waals surface area contributed by atoms with Crippen molar-refractivity contribution in [3.8, 4) is 0 Å². The predicted molar refractivity (Wildman–Crippen MR) is 66.2 cm³/mol. The van der Waals surface area contributed by atoms with Crippen LogP contribution in [-0.2, 0) is 5.60 Å². The number of aliphatic hydroxyl groups is 1. The molecule has 1 atom stereocenters. The number of nitrogens with zero attached hydrogens (tertiary/aromatic N) is 1. The number of hydrogen-bond acceptors (Lipinski definition) is 2. The second kappa shape index (κ2) is 3.87. The summed E-state index contributed by atoms with van der Waals surface area (Å²) >= 11 is 0. The van der Waals surface area contributed by atoms with E-state index >= 15 is 0 Å². The molecule has 0 aliphatic carbocycles. The molecule has 0 saturated carbocycles. The minimum absolute atomic E-state index is 0.182. The van der Waals surface area contributed by atoms with Gasteiger partial charge in [-0.2, -0.15) is 0 Å². The zero-order chi connectivity index (χ0) is 11.8. The first-order valence-corrected chi connectivity index (χ1v) is 5.59. The average molecular weight is 215 g/mol. The zero-order valence-corrected chi connectivity index (χ0v) is 9.94. The molecule has 0 spiro atoms. The predicted octanol–water partition coefficient (Wildman–Crippen LogP) is 3.10. The number of benzene rings is 1. The monoisotopic (exact) mass is 215 g/mol. The van der Waals surface area contributed by atoms with Crippen molar-refractivity contribution in [2.45, 2.75) is 26.4 Å². The summed E-state index contributed by atoms with van der Waals surface area (Å²) in [6.45, 7) is 5.90. The van der Waals surface area contributed by atoms with Crippen molar-refractivity contribution in [3.63, 3.8) is 0 Å². The lowest BCUT2D eigenvalue weighted by Crippen LogP contribution is -2.27. The molecule has 1 aromatic heterocycles. The third-order valence-corrected chi connectivity index (χ3v) is 3.31. The van der Waals surface area contributed by atoms with Crippen molar-refractivity contribution in [1.29, 1.82) is 0 Å². The van der Waals surface area contributed by atoms with Crippen molar-refractivity contribution in [3.05, 3.63) is 42.1 Å². The molecular formula is C14H17NO. The van der Waals surface area contributed by atoms with Crippen LogP contribution in [0.15, 0.2) is 36.5 Å². The highest BCUT2D eigenvalue weighted by atomic mass is 16.3. The largest absolute Gasteiger partial charge is 0.385 e. The van der Waals surface area contributed by atoms with Gasteiger partial charge in [-0.05, 0) is 36.6 Å². The van der Waals surface area contributed by atoms with Gasteiger partial charge in [0.15, 0.2) is 0 Å². The summed E-state index contributed by atoms with van der Waals surface area (Å²) in [7, 11) is 0. The molecule has 2 rings (SSSR count). The van der Waals surface area contributed by atoms with E-state index in [9.17, 15) is 5.11 Å². The van der Waals surface area contributed by atoms with Crippen molar-refractivity contribution in [2.75, 3.05) is 0 Å². The summed E-state index contributed by atoms with van der Waals surface area (Å²) < 4.78 is 0. The first-order chi connectivity index (χ1) is 7.51. The summed E-state index contributed by atoms with van der Waals surface area (Å²) in [5, 5.41) is 11.5. The lowest BCUT2D eigenvalue weighted by atomic mass is 9.85. The standard InChI is InChI=1S/C14H17NO/c1-10(2)14(3,16)12-6-7-13-11(9-12)5-4-8-15-13/h4-10,16H,1-3H3. The van der Waals surface area contributed by atoms with Crippen LogP contribution in [0.4, 0.5) is 0 Å². The van der Waals surface area contributed by atoms with E-state index < -0.39 is 5.60 Å². The lowest BCUT2D eigenvalue weighted by molar-refractivity contribution is 0.00917. The molecule has 84 valence electrons. The maximum atomic E-state index is 10.4. The van der Waals surface area contributed by atoms with Crippen molar-refractivity contribution < 1.29 is 5.11 Å². The summed E-state index contributed by atoms with van der Waals surface area (Å²) in [4.78, 5) is 4.27. The van der Waals surface area contributed by atoms with Crippen LogP contribution in [0.2, 0.25) is 0 Å². The third kappa shape index (κ3) is 1.81. The van der Waals surface area contributed by atoms with E-state index in [0.29, 0.717) is 0 Å². The van der Waals surface area contributed by atoms with E-state index in [2.05, 4.69) is 4.98 Å². The Morgan fingerprint density at radius 3 is 2.69 bits per heavy atom. The fraction of sp³-hybridized carbons (Fsp3) is 0.357. The van der Waals surface area contributed by atoms with Crippen molar-refractivity contribution in [1.82, 2.24) is 4.98 Å². The van der Waals surface area contributed by atoms with Crippen LogP contribution in [0.5, 0.6) is 0 Å². The Bertz CT molecular complexity index is 503. The summed E-state index contributed by atoms with van der Waals surface area (Å²) in [6, 6.07) is 9.86. The van der Waals surface area contributed by atoms with Gasteiger partial charge in [-0.1, -0.05) is 26.0 Å². The fourth-order valence-corrected chi connectivity index (χ4v) is 1.72. The fourth-order valence-electron chi connectivity index (χ4n) is 1.72. The average Bonchev–Trinajstić information content (AvgIpc) is 2.28. The summed E-state index contributed by atoms with van der Waals surface area (Å²) in [5.74, 6) is 0.182. The second-order valence-corrected chi connectivity index (χ2v) is 4.71. The Kier molecular flexibility index (Phi) is 2.68. The third-order valence-electron chi connectivity index (χ3n) is 3.31. The van der Waals surface area contributed by atoms with Gasteiger partial charge in [0, 0.05) is 11.6 Å². The molecule has 0 saturated heterocycles. The quantitative estimate of drug-likeness (QED) is 0.835. The van der Waals surface area contributed by atoms with Gasteiger partial charge in [0.05, 0.1) is 11.1 Å². The summed E-state index contributed by atoms with van der Waals surface area (Å²) in [5.41, 5.74) is 1.12. The Hall–Kier alpha value is -1.41. The molecule has 0 aliphatic rings. The number of aromatic nitrogens is 1. The van der Waals surface area contributed by atoms with E-state index in [1.165, 1.54) is 0 Å². The lowest BCUT2D eigenvalue weighted by Gasteiger charge is -2.28. The van der Waals surface area contributed by atoms with E-state index in [1.54, 1.807) is 6.20 Å². The van der Waals surface area contributed by atoms with Crippen molar-refractivity contribution in [2.24, 2.45) is 5.92 Å². The van der Waals surface area contributed by atoms with Gasteiger partial charge in [-0.25, -0.2) is 0 Å². The SMILES string of the molecule is CC(C)C(C)(O)c1ccc2ncccc2c1. The van der Waals surface area contributed by atoms with Gasteiger partial charge in [0.2, 0.25) is 0 Å². The highest BCUT2D eigenvalue weighted by Crippen LogP contribution is 2.30. The maximum Gasteiger partial charge on any atom is 0.0891 e. The highest BCUT2D eigenvalue weighted by molar-refractivity contribution is 5.79. The van der Waals surface area contributed by atoms with Crippen LogP contribution in [-0.4, -0.2) is 10.1 Å². The maximum absolute atomic E-state index is 10.4. The molecule has 1 aromatic carbocycles. The Labute approximate surface area is 96.0 Å². The summed E-state index contributed by atoms with van der Waals surface area (Å²) in [6.07, 6.45) is 1.78. The van der Waals surface area contributed by atoms with Crippen LogP contribution >= 0.6 is 0 Å². The highest BCUT2D eigenvalue weighted by Gasteiger charge is 2.27. The van der Waals surface area contributed by atoms with Gasteiger partial charge in [-0.3, -0.25) is 4.98 Å². The van der Waals surface area contributed by atoms with Crippen LogP contribution < -0.4 is 0 Å². The minimum atomic E-state index is -0.788. The van der Waals surface area contributed by atoms with Crippen LogP contribution in [0.1, 0.15) is 26.3 Å². The van der Waals surface area contributed by atoms with E-state index in [0.717, 1.165) is 16.5 Å². The molecule has 0 bridgehead atoms. The molecule has 2 heteroatoms. The zero-order valence-electron chi connectivity index (χ0n) is 9.94. The Balaban J connectivity index is 2.55. The van der Waals surface area contributed by atoms with Gasteiger partial charge >= 0.3 is 0 Å². The Morgan fingerprint density at radius 1 is 1.25 bits per heavy atom.